The number of non-ortho nitro benzene ring substituents is 1. The molecule has 0 aliphatic heterocycles. The summed E-state index contributed by atoms with van der Waals surface area (Å²) in [4.78, 5) is 20.1. The van der Waals surface area contributed by atoms with E-state index < -0.39 is 36.1 Å². The van der Waals surface area contributed by atoms with E-state index in [2.05, 4.69) is 4.52 Å². The van der Waals surface area contributed by atoms with Crippen LogP contribution >= 0.6 is 0 Å². The topological polar surface area (TPSA) is 169 Å². The Morgan fingerprint density at radius 1 is 1.22 bits per heavy atom. The van der Waals surface area contributed by atoms with Gasteiger partial charge in [0.1, 0.15) is 0 Å². The second-order valence-electron chi connectivity index (χ2n) is 2.81. The Hall–Kier alpha value is -2.72. The van der Waals surface area contributed by atoms with Crippen LogP contribution in [0.5, 0.6) is 0 Å². The van der Waals surface area contributed by atoms with Gasteiger partial charge in [-0.05, 0) is 11.6 Å². The van der Waals surface area contributed by atoms with E-state index in [9.17, 15) is 28.6 Å². The number of hydrogen-bond acceptors (Lipinski definition) is 6. The predicted molar refractivity (Wildman–Crippen MR) is 56.1 cm³/mol. The highest BCUT2D eigenvalue weighted by atomic mass is 32.2. The van der Waals surface area contributed by atoms with Crippen LogP contribution in [0.25, 0.3) is 10.4 Å². The normalized spacial score (nSPS) is 10.4. The zero-order valence-electron chi connectivity index (χ0n) is 8.33. The SMILES string of the molecule is [N-]=[N+]=NS(=O)(=O)c1ccc([N+](=O)[O-])cc1[N+](=O)[O-]. The van der Waals surface area contributed by atoms with Crippen molar-refractivity contribution in [3.8, 4) is 0 Å². The van der Waals surface area contributed by atoms with Crippen molar-refractivity contribution in [1.29, 1.82) is 0 Å². The van der Waals surface area contributed by atoms with Gasteiger partial charge in [-0.1, -0.05) is 0 Å². The summed E-state index contributed by atoms with van der Waals surface area (Å²) >= 11 is 0. The van der Waals surface area contributed by atoms with Crippen molar-refractivity contribution in [1.82, 2.24) is 0 Å². The van der Waals surface area contributed by atoms with Crippen molar-refractivity contribution in [2.45, 2.75) is 4.90 Å². The van der Waals surface area contributed by atoms with Crippen molar-refractivity contribution in [2.24, 2.45) is 4.52 Å². The van der Waals surface area contributed by atoms with Crippen molar-refractivity contribution in [2.75, 3.05) is 0 Å². The molecular weight excluding hydrogens is 270 g/mol. The van der Waals surface area contributed by atoms with E-state index in [-0.39, 0.29) is 0 Å². The van der Waals surface area contributed by atoms with Crippen LogP contribution < -0.4 is 0 Å². The highest BCUT2D eigenvalue weighted by Crippen LogP contribution is 2.29. The van der Waals surface area contributed by atoms with E-state index in [4.69, 9.17) is 5.53 Å². The molecule has 0 aromatic heterocycles. The molecule has 0 spiro atoms. The molecule has 0 heterocycles. The molecule has 0 fully saturated rings. The fourth-order valence-electron chi connectivity index (χ4n) is 1.07. The minimum absolute atomic E-state index is 0.472. The van der Waals surface area contributed by atoms with E-state index in [1.165, 1.54) is 0 Å². The Labute approximate surface area is 98.6 Å². The molecule has 0 aliphatic carbocycles. The third kappa shape index (κ3) is 2.50. The molecule has 94 valence electrons. The maximum absolute atomic E-state index is 11.3. The number of sulfonamides is 1. The molecule has 0 amide bonds. The minimum atomic E-state index is -4.58. The van der Waals surface area contributed by atoms with Gasteiger partial charge in [0.15, 0.2) is 4.90 Å². The van der Waals surface area contributed by atoms with Gasteiger partial charge >= 0.3 is 0 Å². The fourth-order valence-corrected chi connectivity index (χ4v) is 1.89. The first-order valence-electron chi connectivity index (χ1n) is 4.04. The lowest BCUT2D eigenvalue weighted by Crippen LogP contribution is -2.02. The molecule has 1 aromatic carbocycles. The molecule has 1 rings (SSSR count). The molecule has 12 heteroatoms. The number of rotatable bonds is 4. The van der Waals surface area contributed by atoms with Gasteiger partial charge in [-0.25, -0.2) is 8.42 Å². The number of nitrogens with zero attached hydrogens (tertiary/aromatic N) is 5. The van der Waals surface area contributed by atoms with Crippen molar-refractivity contribution in [3.63, 3.8) is 0 Å². The van der Waals surface area contributed by atoms with Crippen LogP contribution in [0.15, 0.2) is 27.6 Å². The van der Waals surface area contributed by atoms with Crippen LogP contribution in [0.3, 0.4) is 0 Å². The number of azide groups is 1. The van der Waals surface area contributed by atoms with Crippen LogP contribution in [0.2, 0.25) is 0 Å². The Balaban J connectivity index is 3.61. The van der Waals surface area contributed by atoms with Gasteiger partial charge in [0, 0.05) is 15.5 Å². The Kier molecular flexibility index (Phi) is 3.45. The Bertz CT molecular complexity index is 676. The molecular formula is C6H3N5O6S. The second-order valence-corrected chi connectivity index (χ2v) is 4.37. The van der Waals surface area contributed by atoms with Crippen molar-refractivity contribution >= 4 is 21.4 Å². The lowest BCUT2D eigenvalue weighted by molar-refractivity contribution is -0.396. The van der Waals surface area contributed by atoms with E-state index in [0.29, 0.717) is 12.1 Å². The summed E-state index contributed by atoms with van der Waals surface area (Å²) in [5.74, 6) is 0. The quantitative estimate of drug-likeness (QED) is 0.264. The standard InChI is InChI=1S/C6H3N5O6S/c7-8-9-18(16,17)6-2-1-4(10(12)13)3-5(6)11(14)15/h1-3H. The first-order chi connectivity index (χ1) is 8.29. The molecule has 0 saturated heterocycles. The van der Waals surface area contributed by atoms with Gasteiger partial charge in [-0.15, -0.1) is 0 Å². The number of nitro benzene ring substituents is 2. The third-order valence-corrected chi connectivity index (χ3v) is 2.96. The van der Waals surface area contributed by atoms with E-state index in [1.807, 2.05) is 4.91 Å². The van der Waals surface area contributed by atoms with Gasteiger partial charge in [0.2, 0.25) is 0 Å². The van der Waals surface area contributed by atoms with Gasteiger partial charge in [-0.2, -0.15) is 0 Å². The summed E-state index contributed by atoms with van der Waals surface area (Å²) in [6, 6.07) is 1.87. The third-order valence-electron chi connectivity index (χ3n) is 1.77. The van der Waals surface area contributed by atoms with Crippen LogP contribution in [-0.2, 0) is 10.0 Å². The lowest BCUT2D eigenvalue weighted by Gasteiger charge is -1.99. The smallest absolute Gasteiger partial charge is 0.258 e. The molecule has 18 heavy (non-hydrogen) atoms. The summed E-state index contributed by atoms with van der Waals surface area (Å²) in [6.07, 6.45) is 0. The monoisotopic (exact) mass is 273 g/mol. The van der Waals surface area contributed by atoms with Gasteiger partial charge < -0.3 is 0 Å². The number of nitro groups is 2. The van der Waals surface area contributed by atoms with Crippen LogP contribution in [-0.4, -0.2) is 18.3 Å². The molecule has 0 saturated carbocycles. The highest BCUT2D eigenvalue weighted by Gasteiger charge is 2.27. The van der Waals surface area contributed by atoms with Crippen molar-refractivity contribution < 1.29 is 18.3 Å². The molecule has 0 aliphatic rings. The highest BCUT2D eigenvalue weighted by molar-refractivity contribution is 7.90. The van der Waals surface area contributed by atoms with Crippen LogP contribution in [0, 0.1) is 20.2 Å². The van der Waals surface area contributed by atoms with E-state index in [1.54, 1.807) is 0 Å². The van der Waals surface area contributed by atoms with Crippen molar-refractivity contribution in [3.05, 3.63) is 48.9 Å². The summed E-state index contributed by atoms with van der Waals surface area (Å²) in [5, 5.41) is 21.0. The van der Waals surface area contributed by atoms with Crippen LogP contribution in [0.1, 0.15) is 0 Å². The zero-order chi connectivity index (χ0) is 13.9. The molecule has 0 radical (unpaired) electrons. The summed E-state index contributed by atoms with van der Waals surface area (Å²) in [7, 11) is -4.58. The summed E-state index contributed by atoms with van der Waals surface area (Å²) < 4.78 is 25.1. The molecule has 1 aromatic rings. The van der Waals surface area contributed by atoms with Crippen LogP contribution in [0.4, 0.5) is 11.4 Å². The fraction of sp³-hybridized carbons (Fsp3) is 0. The average molecular weight is 273 g/mol. The molecule has 0 atom stereocenters. The molecule has 0 N–H and O–H groups in total. The second kappa shape index (κ2) is 4.65. The van der Waals surface area contributed by atoms with Gasteiger partial charge in [0.05, 0.1) is 15.9 Å². The molecule has 11 nitrogen and oxygen atoms in total. The van der Waals surface area contributed by atoms with Gasteiger partial charge in [0.25, 0.3) is 21.4 Å². The van der Waals surface area contributed by atoms with E-state index in [0.717, 1.165) is 6.07 Å². The number of hydrogen-bond donors (Lipinski definition) is 0. The average Bonchev–Trinajstić information content (AvgIpc) is 2.27. The van der Waals surface area contributed by atoms with E-state index >= 15 is 0 Å². The zero-order valence-corrected chi connectivity index (χ0v) is 9.14. The molecule has 0 bridgehead atoms. The Morgan fingerprint density at radius 2 is 1.83 bits per heavy atom. The maximum atomic E-state index is 11.3. The van der Waals surface area contributed by atoms with Gasteiger partial charge in [-0.3, -0.25) is 20.2 Å². The molecule has 0 unspecified atom stereocenters. The summed E-state index contributed by atoms with van der Waals surface area (Å²) in [5.41, 5.74) is 6.35. The first-order valence-corrected chi connectivity index (χ1v) is 5.48. The largest absolute Gasteiger partial charge is 0.295 e. The lowest BCUT2D eigenvalue weighted by atomic mass is 10.3. The number of benzene rings is 1. The minimum Gasteiger partial charge on any atom is -0.258 e. The summed E-state index contributed by atoms with van der Waals surface area (Å²) in [6.45, 7) is 0. The first kappa shape index (κ1) is 13.3. The maximum Gasteiger partial charge on any atom is 0.295 e. The predicted octanol–water partition coefficient (Wildman–Crippen LogP) is 1.50. The Morgan fingerprint density at radius 3 is 2.28 bits per heavy atom.